The molecule has 0 unspecified atom stereocenters. The van der Waals surface area contributed by atoms with E-state index in [0.717, 1.165) is 62.5 Å². The number of carbonyl (C=O) groups is 5. The van der Waals surface area contributed by atoms with Crippen LogP contribution in [0.4, 0.5) is 5.69 Å². The normalized spacial score (nSPS) is 17.6. The number of rotatable bonds is 22. The van der Waals surface area contributed by atoms with E-state index in [9.17, 15) is 29.1 Å². The summed E-state index contributed by atoms with van der Waals surface area (Å²) in [7, 11) is 0. The van der Waals surface area contributed by atoms with Crippen LogP contribution in [0.2, 0.25) is 0 Å². The van der Waals surface area contributed by atoms with Crippen molar-refractivity contribution in [2.75, 3.05) is 51.4 Å². The van der Waals surface area contributed by atoms with Gasteiger partial charge in [-0.15, -0.1) is 11.3 Å². The molecule has 2 aliphatic rings. The van der Waals surface area contributed by atoms with Crippen LogP contribution in [0, 0.1) is 12.3 Å². The van der Waals surface area contributed by atoms with Gasteiger partial charge in [0, 0.05) is 61.6 Å². The molecule has 5 heterocycles. The molecular formula is C53H67N11O8S. The van der Waals surface area contributed by atoms with Crippen molar-refractivity contribution in [2.45, 2.75) is 111 Å². The fourth-order valence-electron chi connectivity index (χ4n) is 9.30. The number of fused-ring (bicyclic) bond motifs is 2. The first-order valence-corrected chi connectivity index (χ1v) is 25.9. The van der Waals surface area contributed by atoms with Crippen LogP contribution in [0.25, 0.3) is 32.4 Å². The third-order valence-electron chi connectivity index (χ3n) is 13.4. The van der Waals surface area contributed by atoms with Crippen molar-refractivity contribution in [3.05, 3.63) is 95.0 Å². The Labute approximate surface area is 428 Å². The molecule has 19 nitrogen and oxygen atoms in total. The van der Waals surface area contributed by atoms with Crippen LogP contribution in [0.1, 0.15) is 87.2 Å². The number of nitrogens with one attached hydrogen (secondary N) is 5. The summed E-state index contributed by atoms with van der Waals surface area (Å²) in [6.45, 7) is 13.2. The van der Waals surface area contributed by atoms with Crippen LogP contribution < -0.4 is 21.3 Å². The minimum atomic E-state index is -0.955. The fraction of sp³-hybridized carbons (Fsp3) is 0.472. The molecule has 5 amide bonds. The Balaban J connectivity index is 0.694. The largest absolute Gasteiger partial charge is 0.391 e. The number of benzene rings is 3. The number of ether oxygens (including phenoxy) is 2. The first kappa shape index (κ1) is 52.7. The first-order valence-electron chi connectivity index (χ1n) is 25.1. The number of aliphatic hydroxyl groups excluding tert-OH is 1. The molecule has 3 aromatic carbocycles. The number of likely N-dealkylation sites (tertiary alicyclic amines) is 2. The topological polar surface area (TPSA) is 238 Å². The highest BCUT2D eigenvalue weighted by atomic mass is 32.1. The van der Waals surface area contributed by atoms with Gasteiger partial charge in [0.15, 0.2) is 0 Å². The Bertz CT molecular complexity index is 2890. The molecule has 3 aromatic heterocycles. The van der Waals surface area contributed by atoms with Gasteiger partial charge in [0.05, 0.1) is 84.4 Å². The van der Waals surface area contributed by atoms with E-state index < -0.39 is 35.4 Å². The maximum absolute atomic E-state index is 14.0. The lowest BCUT2D eigenvalue weighted by molar-refractivity contribution is -0.144. The van der Waals surface area contributed by atoms with Gasteiger partial charge in [-0.3, -0.25) is 33.6 Å². The number of carbonyl (C=O) groups excluding carboxylic acids is 5. The summed E-state index contributed by atoms with van der Waals surface area (Å²) in [6, 6.07) is 17.6. The molecule has 73 heavy (non-hydrogen) atoms. The Morgan fingerprint density at radius 2 is 1.71 bits per heavy atom. The van der Waals surface area contributed by atoms with Crippen molar-refractivity contribution in [1.82, 2.24) is 50.5 Å². The van der Waals surface area contributed by atoms with Gasteiger partial charge in [-0.25, -0.2) is 9.97 Å². The number of anilines is 1. The number of aromatic nitrogens is 5. The van der Waals surface area contributed by atoms with E-state index in [1.807, 2.05) is 81.7 Å². The zero-order valence-electron chi connectivity index (χ0n) is 42.2. The van der Waals surface area contributed by atoms with Gasteiger partial charge in [0.25, 0.3) is 5.91 Å². The molecule has 0 bridgehead atoms. The SMILES string of the molecule is Cc1ncsc1-c1ccc(CNC(=O)[C@@H]2C[C@@H](O)CN2C(=O)[C@@H](NC(=O)CCOCCOCCC(=O)NCCn2ncc3cc(C(=O)Nc4ccc5[nH]c(CN6CCC[C@@H]6C)nc5c4)ccc32)C(C)(C)C)cc1. The monoisotopic (exact) mass is 1020 g/mol. The van der Waals surface area contributed by atoms with Crippen molar-refractivity contribution in [3.63, 3.8) is 0 Å². The quantitative estimate of drug-likeness (QED) is 0.0474. The third-order valence-corrected chi connectivity index (χ3v) is 14.4. The Hall–Kier alpha value is -6.58. The molecule has 0 aliphatic carbocycles. The fourth-order valence-corrected chi connectivity index (χ4v) is 10.1. The maximum Gasteiger partial charge on any atom is 0.255 e. The molecule has 0 saturated carbocycles. The lowest BCUT2D eigenvalue weighted by Crippen LogP contribution is -2.57. The van der Waals surface area contributed by atoms with E-state index in [4.69, 9.17) is 14.5 Å². The smallest absolute Gasteiger partial charge is 0.255 e. The van der Waals surface area contributed by atoms with E-state index in [2.05, 4.69) is 48.2 Å². The van der Waals surface area contributed by atoms with Crippen molar-refractivity contribution in [1.29, 1.82) is 0 Å². The van der Waals surface area contributed by atoms with Crippen molar-refractivity contribution >= 4 is 68.5 Å². The lowest BCUT2D eigenvalue weighted by Gasteiger charge is -2.35. The number of amides is 5. The van der Waals surface area contributed by atoms with Crippen molar-refractivity contribution in [3.8, 4) is 10.4 Å². The zero-order chi connectivity index (χ0) is 51.6. The summed E-state index contributed by atoms with van der Waals surface area (Å²) >= 11 is 1.57. The standard InChI is InChI=1S/C53H67N11O8S/c1-33-7-6-19-62(33)31-45-59-41-14-13-39(26-42(41)60-45)58-50(68)37-12-15-43-38(25-37)29-57-64(43)20-18-54-46(66)16-21-71-23-24-72-22-17-47(67)61-49(53(3,4)5)52(70)63-30-40(65)27-44(63)51(69)55-28-35-8-10-36(11-9-35)48-34(2)56-32-73-48/h8-15,25-26,29,32-33,40,44,49,65H,6-7,16-24,27-28,30-31H2,1-5H3,(H,54,66)(H,55,69)(H,58,68)(H,59,60)(H,61,67)/t33-,40+,44-,49+/m0/s1. The highest BCUT2D eigenvalue weighted by molar-refractivity contribution is 7.13. The Kier molecular flexibility index (Phi) is 17.3. The number of β-amino-alcohol motifs (C(OH)–C–C–N with tert-alkyl or cyclic N) is 1. The molecule has 388 valence electrons. The van der Waals surface area contributed by atoms with E-state index in [0.29, 0.717) is 30.4 Å². The van der Waals surface area contributed by atoms with Gasteiger partial charge in [-0.1, -0.05) is 45.0 Å². The van der Waals surface area contributed by atoms with Crippen molar-refractivity contribution in [2.24, 2.45) is 5.41 Å². The number of thiazole rings is 1. The molecule has 20 heteroatoms. The summed E-state index contributed by atoms with van der Waals surface area (Å²) in [5.74, 6) is -0.710. The second-order valence-corrected chi connectivity index (χ2v) is 20.8. The Morgan fingerprint density at radius 3 is 2.42 bits per heavy atom. The molecule has 6 aromatic rings. The predicted octanol–water partition coefficient (Wildman–Crippen LogP) is 5.32. The number of hydrogen-bond acceptors (Lipinski definition) is 13. The van der Waals surface area contributed by atoms with Gasteiger partial charge in [-0.2, -0.15) is 5.10 Å². The average Bonchev–Trinajstić information content (AvgIpc) is 4.23. The highest BCUT2D eigenvalue weighted by Gasteiger charge is 2.44. The van der Waals surface area contributed by atoms with E-state index in [1.165, 1.54) is 17.7 Å². The molecule has 8 rings (SSSR count). The van der Waals surface area contributed by atoms with Gasteiger partial charge in [-0.05, 0) is 86.2 Å². The molecule has 4 atom stereocenters. The molecule has 2 saturated heterocycles. The summed E-state index contributed by atoms with van der Waals surface area (Å²) in [5.41, 5.74) is 7.73. The Morgan fingerprint density at radius 1 is 0.945 bits per heavy atom. The van der Waals surface area contributed by atoms with Crippen LogP contribution in [0.3, 0.4) is 0 Å². The molecule has 6 N–H and O–H groups in total. The minimum Gasteiger partial charge on any atom is -0.391 e. The number of nitrogens with zero attached hydrogens (tertiary/aromatic N) is 6. The van der Waals surface area contributed by atoms with Crippen LogP contribution in [0.15, 0.2) is 72.4 Å². The van der Waals surface area contributed by atoms with Crippen LogP contribution in [-0.2, 0) is 48.3 Å². The highest BCUT2D eigenvalue weighted by Crippen LogP contribution is 2.29. The summed E-state index contributed by atoms with van der Waals surface area (Å²) in [6.07, 6.45) is 3.46. The first-order chi connectivity index (χ1) is 35.1. The average molecular weight is 1020 g/mol. The number of H-pyrrole nitrogens is 1. The van der Waals surface area contributed by atoms with Gasteiger partial charge in [0.2, 0.25) is 23.6 Å². The van der Waals surface area contributed by atoms with Crippen LogP contribution in [0.5, 0.6) is 0 Å². The zero-order valence-corrected chi connectivity index (χ0v) is 43.1. The predicted molar refractivity (Wildman–Crippen MR) is 278 cm³/mol. The molecule has 0 spiro atoms. The molecular weight excluding hydrogens is 951 g/mol. The summed E-state index contributed by atoms with van der Waals surface area (Å²) < 4.78 is 13.0. The van der Waals surface area contributed by atoms with Gasteiger partial charge in [0.1, 0.15) is 17.9 Å². The number of imidazole rings is 1. The van der Waals surface area contributed by atoms with Gasteiger partial charge < -0.3 is 45.7 Å². The van der Waals surface area contributed by atoms with E-state index in [1.54, 1.807) is 34.3 Å². The third kappa shape index (κ3) is 13.7. The lowest BCUT2D eigenvalue weighted by atomic mass is 9.85. The minimum absolute atomic E-state index is 0.0122. The molecule has 0 radical (unpaired) electrons. The summed E-state index contributed by atoms with van der Waals surface area (Å²) in [4.78, 5) is 83.7. The summed E-state index contributed by atoms with van der Waals surface area (Å²) in [5, 5.41) is 27.5. The molecule has 2 aliphatic heterocycles. The number of hydrogen-bond donors (Lipinski definition) is 6. The van der Waals surface area contributed by atoms with Gasteiger partial charge >= 0.3 is 0 Å². The van der Waals surface area contributed by atoms with E-state index in [-0.39, 0.29) is 76.5 Å². The maximum atomic E-state index is 14.0. The second kappa shape index (κ2) is 24.0. The number of aliphatic hydroxyl groups is 1. The molecule has 2 fully saturated rings. The van der Waals surface area contributed by atoms with Crippen LogP contribution in [-0.4, -0.2) is 139 Å². The number of aromatic amines is 1. The van der Waals surface area contributed by atoms with Crippen molar-refractivity contribution < 1.29 is 38.6 Å². The van der Waals surface area contributed by atoms with Crippen LogP contribution >= 0.6 is 11.3 Å². The second-order valence-electron chi connectivity index (χ2n) is 20.0. The van der Waals surface area contributed by atoms with E-state index >= 15 is 0 Å². The number of aryl methyl sites for hydroxylation is 1.